The van der Waals surface area contributed by atoms with Gasteiger partial charge in [0.15, 0.2) is 0 Å². The zero-order valence-electron chi connectivity index (χ0n) is 10.1. The van der Waals surface area contributed by atoms with Gasteiger partial charge in [-0.15, -0.1) is 5.10 Å². The van der Waals surface area contributed by atoms with Gasteiger partial charge in [-0.25, -0.2) is 4.68 Å². The van der Waals surface area contributed by atoms with Crippen molar-refractivity contribution in [2.45, 2.75) is 42.5 Å². The molecule has 3 rings (SSSR count). The van der Waals surface area contributed by atoms with Crippen LogP contribution in [-0.2, 0) is 6.61 Å². The molecule has 0 aliphatic heterocycles. The number of tetrazole rings is 1. The molecule has 1 aliphatic carbocycles. The van der Waals surface area contributed by atoms with Crippen LogP contribution in [0.15, 0.2) is 28.3 Å². The molecule has 6 heteroatoms. The number of nitrogens with zero attached hydrogens (tertiary/aromatic N) is 4. The molecular formula is C12H14N4OS. The van der Waals surface area contributed by atoms with Gasteiger partial charge in [-0.1, -0.05) is 17.7 Å². The Morgan fingerprint density at radius 2 is 2.28 bits per heavy atom. The van der Waals surface area contributed by atoms with Gasteiger partial charge in [0.1, 0.15) is 0 Å². The maximum atomic E-state index is 9.39. The van der Waals surface area contributed by atoms with Crippen LogP contribution < -0.4 is 0 Å². The molecular weight excluding hydrogens is 248 g/mol. The van der Waals surface area contributed by atoms with Gasteiger partial charge in [0.05, 0.1) is 12.6 Å². The molecule has 1 saturated carbocycles. The SMILES string of the molecule is Cc1ccc(Sc2nnnn2C2CC2)c(CO)c1. The molecule has 1 fully saturated rings. The molecule has 0 saturated heterocycles. The topological polar surface area (TPSA) is 63.8 Å². The Morgan fingerprint density at radius 1 is 1.44 bits per heavy atom. The summed E-state index contributed by atoms with van der Waals surface area (Å²) in [5, 5.41) is 22.0. The first kappa shape index (κ1) is 11.7. The van der Waals surface area contributed by atoms with Crippen molar-refractivity contribution in [2.24, 2.45) is 0 Å². The van der Waals surface area contributed by atoms with E-state index in [1.165, 1.54) is 11.8 Å². The lowest BCUT2D eigenvalue weighted by Gasteiger charge is -2.07. The highest BCUT2D eigenvalue weighted by Crippen LogP contribution is 2.38. The molecule has 18 heavy (non-hydrogen) atoms. The molecule has 0 bridgehead atoms. The lowest BCUT2D eigenvalue weighted by Crippen LogP contribution is -1.99. The third kappa shape index (κ3) is 2.26. The fourth-order valence-corrected chi connectivity index (χ4v) is 2.77. The Hall–Kier alpha value is -1.40. The third-order valence-electron chi connectivity index (χ3n) is 2.94. The van der Waals surface area contributed by atoms with Crippen LogP contribution in [0.2, 0.25) is 0 Å². The predicted molar refractivity (Wildman–Crippen MR) is 67.3 cm³/mol. The van der Waals surface area contributed by atoms with Crippen LogP contribution >= 0.6 is 11.8 Å². The van der Waals surface area contributed by atoms with E-state index in [1.54, 1.807) is 0 Å². The molecule has 1 aromatic heterocycles. The molecule has 1 heterocycles. The van der Waals surface area contributed by atoms with Crippen molar-refractivity contribution in [3.05, 3.63) is 29.3 Å². The number of aliphatic hydroxyl groups excluding tert-OH is 1. The highest BCUT2D eigenvalue weighted by molar-refractivity contribution is 7.99. The number of aliphatic hydroxyl groups is 1. The summed E-state index contributed by atoms with van der Waals surface area (Å²) < 4.78 is 1.88. The third-order valence-corrected chi connectivity index (χ3v) is 4.01. The smallest absolute Gasteiger partial charge is 0.214 e. The van der Waals surface area contributed by atoms with Gasteiger partial charge in [0.25, 0.3) is 0 Å². The molecule has 1 aromatic carbocycles. The van der Waals surface area contributed by atoms with E-state index in [2.05, 4.69) is 15.5 Å². The van der Waals surface area contributed by atoms with E-state index in [-0.39, 0.29) is 6.61 Å². The largest absolute Gasteiger partial charge is 0.392 e. The van der Waals surface area contributed by atoms with Gasteiger partial charge in [-0.05, 0) is 53.6 Å². The second-order valence-corrected chi connectivity index (χ2v) is 5.52. The molecule has 0 unspecified atom stereocenters. The van der Waals surface area contributed by atoms with Gasteiger partial charge in [0.2, 0.25) is 5.16 Å². The molecule has 2 aromatic rings. The second-order valence-electron chi connectivity index (χ2n) is 4.51. The summed E-state index contributed by atoms with van der Waals surface area (Å²) >= 11 is 1.52. The molecule has 0 radical (unpaired) electrons. The Balaban J connectivity index is 1.89. The number of aryl methyl sites for hydroxylation is 1. The predicted octanol–water partition coefficient (Wildman–Crippen LogP) is 1.96. The molecule has 0 atom stereocenters. The average Bonchev–Trinajstić information content (AvgIpc) is 3.12. The minimum Gasteiger partial charge on any atom is -0.392 e. The van der Waals surface area contributed by atoms with Gasteiger partial charge in [-0.3, -0.25) is 0 Å². The van der Waals surface area contributed by atoms with Gasteiger partial charge in [-0.2, -0.15) is 0 Å². The normalized spacial score (nSPS) is 15.0. The average molecular weight is 262 g/mol. The molecule has 0 spiro atoms. The molecule has 1 N–H and O–H groups in total. The van der Waals surface area contributed by atoms with Crippen LogP contribution in [-0.4, -0.2) is 25.3 Å². The van der Waals surface area contributed by atoms with Crippen LogP contribution in [0.1, 0.15) is 30.0 Å². The van der Waals surface area contributed by atoms with E-state index in [9.17, 15) is 5.11 Å². The first-order valence-electron chi connectivity index (χ1n) is 5.94. The van der Waals surface area contributed by atoms with Crippen LogP contribution in [0.3, 0.4) is 0 Å². The van der Waals surface area contributed by atoms with Gasteiger partial charge < -0.3 is 5.11 Å². The summed E-state index contributed by atoms with van der Waals surface area (Å²) in [7, 11) is 0. The quantitative estimate of drug-likeness (QED) is 0.912. The number of rotatable bonds is 4. The fourth-order valence-electron chi connectivity index (χ4n) is 1.83. The Kier molecular flexibility index (Phi) is 3.05. The number of benzene rings is 1. The summed E-state index contributed by atoms with van der Waals surface area (Å²) in [6.07, 6.45) is 2.30. The van der Waals surface area contributed by atoms with Crippen molar-refractivity contribution in [1.29, 1.82) is 0 Å². The van der Waals surface area contributed by atoms with E-state index in [0.29, 0.717) is 6.04 Å². The van der Waals surface area contributed by atoms with Gasteiger partial charge in [0, 0.05) is 4.90 Å². The van der Waals surface area contributed by atoms with Gasteiger partial charge >= 0.3 is 0 Å². The maximum Gasteiger partial charge on any atom is 0.214 e. The van der Waals surface area contributed by atoms with Crippen LogP contribution in [0.25, 0.3) is 0 Å². The van der Waals surface area contributed by atoms with Crippen molar-refractivity contribution in [2.75, 3.05) is 0 Å². The monoisotopic (exact) mass is 262 g/mol. The summed E-state index contributed by atoms with van der Waals surface area (Å²) in [6, 6.07) is 6.50. The minimum atomic E-state index is 0.0367. The van der Waals surface area contributed by atoms with E-state index < -0.39 is 0 Å². The van der Waals surface area contributed by atoms with Crippen molar-refractivity contribution in [3.63, 3.8) is 0 Å². The lowest BCUT2D eigenvalue weighted by atomic mass is 10.1. The Bertz CT molecular complexity index is 565. The van der Waals surface area contributed by atoms with Crippen molar-refractivity contribution < 1.29 is 5.11 Å². The number of hydrogen-bond acceptors (Lipinski definition) is 5. The zero-order valence-corrected chi connectivity index (χ0v) is 10.9. The molecule has 1 aliphatic rings. The summed E-state index contributed by atoms with van der Waals surface area (Å²) in [4.78, 5) is 1.01. The number of aromatic nitrogens is 4. The van der Waals surface area contributed by atoms with Crippen molar-refractivity contribution in [1.82, 2.24) is 20.2 Å². The summed E-state index contributed by atoms with van der Waals surface area (Å²) in [5.74, 6) is 0. The summed E-state index contributed by atoms with van der Waals surface area (Å²) in [5.41, 5.74) is 2.07. The van der Waals surface area contributed by atoms with E-state index in [4.69, 9.17) is 0 Å². The van der Waals surface area contributed by atoms with Crippen LogP contribution in [0.4, 0.5) is 0 Å². The molecule has 0 amide bonds. The first-order chi connectivity index (χ1) is 8.78. The maximum absolute atomic E-state index is 9.39. The zero-order chi connectivity index (χ0) is 12.5. The van der Waals surface area contributed by atoms with Crippen molar-refractivity contribution >= 4 is 11.8 Å². The second kappa shape index (κ2) is 4.70. The van der Waals surface area contributed by atoms with E-state index >= 15 is 0 Å². The fraction of sp³-hybridized carbons (Fsp3) is 0.417. The highest BCUT2D eigenvalue weighted by atomic mass is 32.2. The highest BCUT2D eigenvalue weighted by Gasteiger charge is 2.28. The van der Waals surface area contributed by atoms with Crippen LogP contribution in [0, 0.1) is 6.92 Å². The molecule has 94 valence electrons. The van der Waals surface area contributed by atoms with E-state index in [1.807, 2.05) is 29.8 Å². The van der Waals surface area contributed by atoms with Crippen molar-refractivity contribution in [3.8, 4) is 0 Å². The standard InChI is InChI=1S/C12H14N4OS/c1-8-2-5-11(9(6-8)7-17)18-12-13-14-15-16(12)10-3-4-10/h2,5-6,10,17H,3-4,7H2,1H3. The molecule has 5 nitrogen and oxygen atoms in total. The van der Waals surface area contributed by atoms with E-state index in [0.717, 1.165) is 34.0 Å². The van der Waals surface area contributed by atoms with Crippen LogP contribution in [0.5, 0.6) is 0 Å². The number of hydrogen-bond donors (Lipinski definition) is 1. The Morgan fingerprint density at radius 3 is 3.00 bits per heavy atom. The Labute approximate surface area is 109 Å². The lowest BCUT2D eigenvalue weighted by molar-refractivity contribution is 0.279. The first-order valence-corrected chi connectivity index (χ1v) is 6.75. The summed E-state index contributed by atoms with van der Waals surface area (Å²) in [6.45, 7) is 2.05. The minimum absolute atomic E-state index is 0.0367.